The van der Waals surface area contributed by atoms with Crippen LogP contribution in [-0.2, 0) is 19.6 Å². The smallest absolute Gasteiger partial charge is 0.204 e. The zero-order valence-corrected chi connectivity index (χ0v) is 16.6. The van der Waals surface area contributed by atoms with Gasteiger partial charge in [-0.15, -0.1) is 5.10 Å². The Hall–Kier alpha value is -1.64. The molecule has 1 atom stereocenters. The van der Waals surface area contributed by atoms with E-state index in [1.54, 1.807) is 0 Å². The van der Waals surface area contributed by atoms with Crippen molar-refractivity contribution in [2.75, 3.05) is 32.1 Å². The third-order valence-electron chi connectivity index (χ3n) is 4.25. The molecule has 2 aromatic rings. The Balaban J connectivity index is 1.79. The Kier molecular flexibility index (Phi) is 5.93. The maximum absolute atomic E-state index is 5.77. The van der Waals surface area contributed by atoms with E-state index in [0.717, 1.165) is 46.8 Å². The third kappa shape index (κ3) is 4.13. The van der Waals surface area contributed by atoms with E-state index in [-0.39, 0.29) is 0 Å². The first-order valence-corrected chi connectivity index (χ1v) is 9.87. The Morgan fingerprint density at radius 2 is 1.92 bits per heavy atom. The lowest BCUT2D eigenvalue weighted by Gasteiger charge is -2.26. The molecule has 1 aliphatic heterocycles. The fourth-order valence-corrected chi connectivity index (χ4v) is 4.06. The number of hydrogen-bond donors (Lipinski definition) is 2. The topological polar surface area (TPSA) is 52.8 Å². The molecule has 0 fully saturated rings. The first-order valence-electron chi connectivity index (χ1n) is 8.65. The molecule has 6 nitrogen and oxygen atoms in total. The summed E-state index contributed by atoms with van der Waals surface area (Å²) in [5, 5.41) is 8.44. The van der Waals surface area contributed by atoms with Crippen LogP contribution in [-0.4, -0.2) is 36.6 Å². The van der Waals surface area contributed by atoms with Crippen LogP contribution in [0.2, 0.25) is 0 Å². The zero-order chi connectivity index (χ0) is 17.8. The minimum Gasteiger partial charge on any atom is -0.490 e. The van der Waals surface area contributed by atoms with Gasteiger partial charge in [-0.1, -0.05) is 11.3 Å². The van der Waals surface area contributed by atoms with Gasteiger partial charge in [0.25, 0.3) is 0 Å². The molecule has 2 N–H and O–H groups in total. The minimum absolute atomic E-state index is 0.635. The van der Waals surface area contributed by atoms with Crippen LogP contribution in [0.5, 0.6) is 11.5 Å². The highest BCUT2D eigenvalue weighted by Gasteiger charge is 2.23. The SMILES string of the molecule is CCOc1cc2c(cc1OCC)C[NH+](Cn1nc(NC)sc1=S)CC2. The van der Waals surface area contributed by atoms with Crippen molar-refractivity contribution >= 4 is 28.7 Å². The molecule has 2 heterocycles. The average Bonchev–Trinajstić information content (AvgIpc) is 2.96. The molecule has 0 saturated carbocycles. The van der Waals surface area contributed by atoms with Gasteiger partial charge in [0.1, 0.15) is 6.54 Å². The molecule has 0 radical (unpaired) electrons. The number of nitrogens with zero attached hydrogens (tertiary/aromatic N) is 2. The first kappa shape index (κ1) is 18.2. The number of benzene rings is 1. The normalized spacial score (nSPS) is 16.4. The number of ether oxygens (including phenoxy) is 2. The molecule has 0 aliphatic carbocycles. The van der Waals surface area contributed by atoms with Crippen molar-refractivity contribution in [2.24, 2.45) is 0 Å². The van der Waals surface area contributed by atoms with Crippen LogP contribution < -0.4 is 19.7 Å². The summed E-state index contributed by atoms with van der Waals surface area (Å²) in [6.07, 6.45) is 1.02. The van der Waals surface area contributed by atoms with E-state index >= 15 is 0 Å². The molecule has 3 rings (SSSR count). The summed E-state index contributed by atoms with van der Waals surface area (Å²) in [4.78, 5) is 1.45. The van der Waals surface area contributed by atoms with Gasteiger partial charge in [0.2, 0.25) is 5.13 Å². The maximum Gasteiger partial charge on any atom is 0.204 e. The molecule has 8 heteroatoms. The molecule has 1 aromatic carbocycles. The molecule has 1 unspecified atom stereocenters. The molecule has 136 valence electrons. The zero-order valence-electron chi connectivity index (χ0n) is 14.9. The van der Waals surface area contributed by atoms with Crippen molar-refractivity contribution in [3.63, 3.8) is 0 Å². The van der Waals surface area contributed by atoms with Gasteiger partial charge in [-0.25, -0.2) is 0 Å². The van der Waals surface area contributed by atoms with Gasteiger partial charge in [-0.2, -0.15) is 4.68 Å². The quantitative estimate of drug-likeness (QED) is 0.720. The van der Waals surface area contributed by atoms with Crippen molar-refractivity contribution in [1.29, 1.82) is 0 Å². The lowest BCUT2D eigenvalue weighted by atomic mass is 9.99. The van der Waals surface area contributed by atoms with Gasteiger partial charge >= 0.3 is 0 Å². The van der Waals surface area contributed by atoms with Crippen molar-refractivity contribution in [3.05, 3.63) is 27.2 Å². The standard InChI is InChI=1S/C17H24N4O2S2/c1-4-22-14-8-12-6-7-20(10-13(12)9-15(14)23-5-2)11-21-17(24)25-16(18-3)19-21/h8-9H,4-7,10-11H2,1-3H3,(H,18,19)/p+1. The van der Waals surface area contributed by atoms with Crippen LogP contribution >= 0.6 is 23.6 Å². The minimum atomic E-state index is 0.635. The van der Waals surface area contributed by atoms with Crippen LogP contribution in [0.25, 0.3) is 0 Å². The fraction of sp³-hybridized carbons (Fsp3) is 0.529. The second-order valence-corrected chi connectivity index (χ2v) is 7.56. The lowest BCUT2D eigenvalue weighted by Crippen LogP contribution is -3.11. The Morgan fingerprint density at radius 1 is 1.24 bits per heavy atom. The summed E-state index contributed by atoms with van der Waals surface area (Å²) in [6.45, 7) is 8.06. The summed E-state index contributed by atoms with van der Waals surface area (Å²) in [5.41, 5.74) is 2.68. The van der Waals surface area contributed by atoms with E-state index in [4.69, 9.17) is 21.7 Å². The Morgan fingerprint density at radius 3 is 2.52 bits per heavy atom. The van der Waals surface area contributed by atoms with Gasteiger partial charge < -0.3 is 19.7 Å². The van der Waals surface area contributed by atoms with Crippen LogP contribution in [0.1, 0.15) is 25.0 Å². The van der Waals surface area contributed by atoms with Crippen LogP contribution in [0.15, 0.2) is 12.1 Å². The van der Waals surface area contributed by atoms with Gasteiger partial charge in [-0.05, 0) is 43.8 Å². The average molecular weight is 382 g/mol. The van der Waals surface area contributed by atoms with Crippen molar-refractivity contribution < 1.29 is 14.4 Å². The molecular formula is C17H25N4O2S2+. The van der Waals surface area contributed by atoms with Crippen molar-refractivity contribution in [1.82, 2.24) is 9.78 Å². The van der Waals surface area contributed by atoms with Gasteiger partial charge in [0.05, 0.1) is 19.8 Å². The van der Waals surface area contributed by atoms with E-state index in [1.807, 2.05) is 25.6 Å². The largest absolute Gasteiger partial charge is 0.490 e. The number of rotatable bonds is 7. The summed E-state index contributed by atoms with van der Waals surface area (Å²) in [5.74, 6) is 1.69. The molecular weight excluding hydrogens is 356 g/mol. The number of aromatic nitrogens is 2. The lowest BCUT2D eigenvalue weighted by molar-refractivity contribution is -0.938. The Labute approximate surface area is 157 Å². The van der Waals surface area contributed by atoms with Crippen LogP contribution in [0.3, 0.4) is 0 Å². The van der Waals surface area contributed by atoms with Gasteiger partial charge in [0, 0.05) is 19.0 Å². The number of hydrogen-bond acceptors (Lipinski definition) is 6. The Bertz CT molecular complexity index is 787. The first-order chi connectivity index (χ1) is 12.1. The molecule has 0 saturated heterocycles. The van der Waals surface area contributed by atoms with E-state index in [1.165, 1.54) is 27.4 Å². The molecule has 0 bridgehead atoms. The summed E-state index contributed by atoms with van der Waals surface area (Å²) < 4.78 is 14.2. The third-order valence-corrected chi connectivity index (χ3v) is 5.57. The molecule has 1 aliphatic rings. The number of nitrogens with one attached hydrogen (secondary N) is 2. The van der Waals surface area contributed by atoms with Crippen molar-refractivity contribution in [2.45, 2.75) is 33.5 Å². The summed E-state index contributed by atoms with van der Waals surface area (Å²) in [7, 11) is 1.87. The number of fused-ring (bicyclic) bond motifs is 1. The summed E-state index contributed by atoms with van der Waals surface area (Å²) >= 11 is 6.93. The fourth-order valence-electron chi connectivity index (χ4n) is 3.10. The highest BCUT2D eigenvalue weighted by atomic mass is 32.1. The molecule has 25 heavy (non-hydrogen) atoms. The van der Waals surface area contributed by atoms with Crippen LogP contribution in [0, 0.1) is 3.95 Å². The van der Waals surface area contributed by atoms with Crippen LogP contribution in [0.4, 0.5) is 5.13 Å². The van der Waals surface area contributed by atoms with E-state index in [9.17, 15) is 0 Å². The maximum atomic E-state index is 5.77. The van der Waals surface area contributed by atoms with E-state index in [0.29, 0.717) is 13.2 Å². The molecule has 0 amide bonds. The number of quaternary nitrogens is 1. The number of anilines is 1. The van der Waals surface area contributed by atoms with Crippen molar-refractivity contribution in [3.8, 4) is 11.5 Å². The molecule has 1 aromatic heterocycles. The monoisotopic (exact) mass is 381 g/mol. The highest BCUT2D eigenvalue weighted by molar-refractivity contribution is 7.73. The van der Waals surface area contributed by atoms with Gasteiger partial charge in [0.15, 0.2) is 22.1 Å². The second kappa shape index (κ2) is 8.16. The molecule has 0 spiro atoms. The predicted octanol–water partition coefficient (Wildman–Crippen LogP) is 2.11. The second-order valence-electron chi connectivity index (χ2n) is 5.94. The predicted molar refractivity (Wildman–Crippen MR) is 103 cm³/mol. The van der Waals surface area contributed by atoms with Gasteiger partial charge in [-0.3, -0.25) is 0 Å². The van der Waals surface area contributed by atoms with E-state index < -0.39 is 0 Å². The summed E-state index contributed by atoms with van der Waals surface area (Å²) in [6, 6.07) is 4.29. The highest BCUT2D eigenvalue weighted by Crippen LogP contribution is 2.32. The van der Waals surface area contributed by atoms with E-state index in [2.05, 4.69) is 22.5 Å².